The Morgan fingerprint density at radius 3 is 2.56 bits per heavy atom. The first-order valence-corrected chi connectivity index (χ1v) is 3.96. The monoisotopic (exact) mass is 235 g/mol. The number of hydrogen-bond acceptors (Lipinski definition) is 2. The predicted molar refractivity (Wildman–Crippen MR) is 46.8 cm³/mol. The minimum atomic E-state index is -4.53. The Morgan fingerprint density at radius 2 is 2.06 bits per heavy atom. The van der Waals surface area contributed by atoms with Crippen LogP contribution >= 0.6 is 0 Å². The highest BCUT2D eigenvalue weighted by Gasteiger charge is 2.28. The van der Waals surface area contributed by atoms with Crippen LogP contribution in [0.4, 0.5) is 23.2 Å². The Hall–Kier alpha value is -1.95. The number of hydrogen-bond donors (Lipinski definition) is 0. The van der Waals surface area contributed by atoms with E-state index in [1.165, 1.54) is 0 Å². The van der Waals surface area contributed by atoms with Crippen LogP contribution in [-0.4, -0.2) is 12.8 Å². The number of rotatable bonds is 3. The molecule has 1 rings (SSSR count). The van der Waals surface area contributed by atoms with Crippen LogP contribution in [0.3, 0.4) is 0 Å². The third kappa shape index (κ3) is 3.66. The standard InChI is InChI=1S/C8H5F4N3O/c9-6-3-5(14-15-13)1-2-7(6)16-4-8(10,11)12/h1-3H,4H2. The van der Waals surface area contributed by atoms with Crippen molar-refractivity contribution in [3.05, 3.63) is 34.5 Å². The van der Waals surface area contributed by atoms with Crippen molar-refractivity contribution in [3.63, 3.8) is 0 Å². The minimum Gasteiger partial charge on any atom is -0.481 e. The molecule has 0 bridgehead atoms. The van der Waals surface area contributed by atoms with Gasteiger partial charge in [-0.15, -0.1) is 0 Å². The number of halogens is 4. The van der Waals surface area contributed by atoms with Crippen molar-refractivity contribution in [1.82, 2.24) is 0 Å². The summed E-state index contributed by atoms with van der Waals surface area (Å²) in [7, 11) is 0. The van der Waals surface area contributed by atoms with Crippen LogP contribution in [0.1, 0.15) is 0 Å². The van der Waals surface area contributed by atoms with Gasteiger partial charge in [-0.1, -0.05) is 5.11 Å². The van der Waals surface area contributed by atoms with Crippen LogP contribution in [0.2, 0.25) is 0 Å². The molecule has 0 N–H and O–H groups in total. The summed E-state index contributed by atoms with van der Waals surface area (Å²) in [5, 5.41) is 3.08. The van der Waals surface area contributed by atoms with E-state index in [4.69, 9.17) is 5.53 Å². The van der Waals surface area contributed by atoms with Crippen molar-refractivity contribution in [1.29, 1.82) is 0 Å². The normalized spacial score (nSPS) is 10.8. The van der Waals surface area contributed by atoms with Crippen LogP contribution < -0.4 is 4.74 Å². The van der Waals surface area contributed by atoms with Crippen molar-refractivity contribution in [3.8, 4) is 5.75 Å². The largest absolute Gasteiger partial charge is 0.481 e. The first-order valence-electron chi connectivity index (χ1n) is 3.96. The summed E-state index contributed by atoms with van der Waals surface area (Å²) in [5.74, 6) is -1.57. The molecule has 0 radical (unpaired) electrons. The van der Waals surface area contributed by atoms with Gasteiger partial charge in [0.05, 0.1) is 0 Å². The second-order valence-electron chi connectivity index (χ2n) is 2.71. The molecule has 0 saturated heterocycles. The summed E-state index contributed by atoms with van der Waals surface area (Å²) in [4.78, 5) is 2.40. The third-order valence-electron chi connectivity index (χ3n) is 1.47. The molecule has 0 aromatic heterocycles. The quantitative estimate of drug-likeness (QED) is 0.341. The number of nitrogens with zero attached hydrogens (tertiary/aromatic N) is 3. The maximum absolute atomic E-state index is 13.1. The summed E-state index contributed by atoms with van der Waals surface area (Å²) in [6.45, 7) is -1.58. The van der Waals surface area contributed by atoms with E-state index in [-0.39, 0.29) is 5.69 Å². The van der Waals surface area contributed by atoms with Gasteiger partial charge in [0.2, 0.25) is 0 Å². The number of ether oxygens (including phenoxy) is 1. The van der Waals surface area contributed by atoms with E-state index in [1.807, 2.05) is 0 Å². The molecule has 8 heteroatoms. The highest BCUT2D eigenvalue weighted by Crippen LogP contribution is 2.25. The second-order valence-corrected chi connectivity index (χ2v) is 2.71. The minimum absolute atomic E-state index is 0.0423. The zero-order valence-corrected chi connectivity index (χ0v) is 7.70. The molecule has 1 aromatic rings. The smallest absolute Gasteiger partial charge is 0.422 e. The van der Waals surface area contributed by atoms with E-state index in [2.05, 4.69) is 14.8 Å². The fourth-order valence-corrected chi connectivity index (χ4v) is 0.880. The van der Waals surface area contributed by atoms with Gasteiger partial charge in [0.15, 0.2) is 18.2 Å². The summed E-state index contributed by atoms with van der Waals surface area (Å²) in [6.07, 6.45) is -4.53. The van der Waals surface area contributed by atoms with E-state index in [1.54, 1.807) is 0 Å². The third-order valence-corrected chi connectivity index (χ3v) is 1.47. The first-order chi connectivity index (χ1) is 7.42. The Labute approximate surface area is 87.1 Å². The molecule has 4 nitrogen and oxygen atoms in total. The molecular weight excluding hydrogens is 230 g/mol. The second kappa shape index (κ2) is 4.71. The molecule has 86 valence electrons. The molecule has 0 spiro atoms. The van der Waals surface area contributed by atoms with Gasteiger partial charge in [-0.25, -0.2) is 4.39 Å². The zero-order chi connectivity index (χ0) is 12.2. The molecular formula is C8H5F4N3O. The van der Waals surface area contributed by atoms with E-state index in [9.17, 15) is 17.6 Å². The van der Waals surface area contributed by atoms with E-state index in [0.29, 0.717) is 0 Å². The van der Waals surface area contributed by atoms with Gasteiger partial charge in [-0.05, 0) is 23.7 Å². The summed E-state index contributed by atoms with van der Waals surface area (Å²) in [6, 6.07) is 2.89. The lowest BCUT2D eigenvalue weighted by molar-refractivity contribution is -0.153. The summed E-state index contributed by atoms with van der Waals surface area (Å²) >= 11 is 0. The van der Waals surface area contributed by atoms with Crippen molar-refractivity contribution in [2.75, 3.05) is 6.61 Å². The molecule has 0 unspecified atom stereocenters. The van der Waals surface area contributed by atoms with Gasteiger partial charge >= 0.3 is 6.18 Å². The molecule has 0 atom stereocenters. The number of benzene rings is 1. The van der Waals surface area contributed by atoms with E-state index in [0.717, 1.165) is 18.2 Å². The predicted octanol–water partition coefficient (Wildman–Crippen LogP) is 3.71. The molecule has 0 saturated carbocycles. The number of alkyl halides is 3. The van der Waals surface area contributed by atoms with Crippen molar-refractivity contribution in [2.24, 2.45) is 5.11 Å². The lowest BCUT2D eigenvalue weighted by Crippen LogP contribution is -2.19. The van der Waals surface area contributed by atoms with E-state index >= 15 is 0 Å². The topological polar surface area (TPSA) is 58.0 Å². The Balaban J connectivity index is 2.79. The van der Waals surface area contributed by atoms with Gasteiger partial charge in [0.25, 0.3) is 0 Å². The average molecular weight is 235 g/mol. The molecule has 0 fully saturated rings. The van der Waals surface area contributed by atoms with Crippen LogP contribution in [0.5, 0.6) is 5.75 Å². The maximum Gasteiger partial charge on any atom is 0.422 e. The van der Waals surface area contributed by atoms with Crippen molar-refractivity contribution >= 4 is 5.69 Å². The maximum atomic E-state index is 13.1. The van der Waals surface area contributed by atoms with Crippen molar-refractivity contribution < 1.29 is 22.3 Å². The summed E-state index contributed by atoms with van der Waals surface area (Å²) < 4.78 is 52.5. The molecule has 0 amide bonds. The molecule has 0 aliphatic heterocycles. The fraction of sp³-hybridized carbons (Fsp3) is 0.250. The van der Waals surface area contributed by atoms with Crippen LogP contribution in [0.25, 0.3) is 10.4 Å². The Kier molecular flexibility index (Phi) is 3.57. The molecule has 0 aliphatic carbocycles. The first kappa shape index (κ1) is 12.1. The van der Waals surface area contributed by atoms with Crippen LogP contribution in [0.15, 0.2) is 23.3 Å². The van der Waals surface area contributed by atoms with E-state index < -0.39 is 24.3 Å². The van der Waals surface area contributed by atoms with Gasteiger partial charge < -0.3 is 4.74 Å². The molecule has 0 heterocycles. The van der Waals surface area contributed by atoms with Gasteiger partial charge in [-0.2, -0.15) is 13.2 Å². The lowest BCUT2D eigenvalue weighted by Gasteiger charge is -2.09. The summed E-state index contributed by atoms with van der Waals surface area (Å²) in [5.41, 5.74) is 8.00. The zero-order valence-electron chi connectivity index (χ0n) is 7.70. The fourth-order valence-electron chi connectivity index (χ4n) is 0.880. The van der Waals surface area contributed by atoms with Crippen molar-refractivity contribution in [2.45, 2.75) is 6.18 Å². The van der Waals surface area contributed by atoms with Gasteiger partial charge in [-0.3, -0.25) is 0 Å². The SMILES string of the molecule is [N-]=[N+]=Nc1ccc(OCC(F)(F)F)c(F)c1. The van der Waals surface area contributed by atoms with Gasteiger partial charge in [0.1, 0.15) is 0 Å². The number of azide groups is 1. The Morgan fingerprint density at radius 1 is 1.38 bits per heavy atom. The van der Waals surface area contributed by atoms with Crippen LogP contribution in [-0.2, 0) is 0 Å². The Bertz CT molecular complexity index is 426. The molecule has 16 heavy (non-hydrogen) atoms. The van der Waals surface area contributed by atoms with Gasteiger partial charge in [0, 0.05) is 10.6 Å². The highest BCUT2D eigenvalue weighted by molar-refractivity contribution is 5.42. The highest BCUT2D eigenvalue weighted by atomic mass is 19.4. The average Bonchev–Trinajstić information content (AvgIpc) is 2.15. The lowest BCUT2D eigenvalue weighted by atomic mass is 10.3. The molecule has 1 aromatic carbocycles. The molecule has 0 aliphatic rings. The van der Waals surface area contributed by atoms with Crippen LogP contribution in [0, 0.1) is 5.82 Å².